The lowest BCUT2D eigenvalue weighted by Crippen LogP contribution is -2.19. The minimum atomic E-state index is -0.312. The fraction of sp³-hybridized carbons (Fsp3) is 0.222. The quantitative estimate of drug-likeness (QED) is 0.856. The van der Waals surface area contributed by atoms with Crippen LogP contribution in [0.3, 0.4) is 0 Å². The molecule has 2 N–H and O–H groups in total. The molecule has 0 heterocycles. The zero-order chi connectivity index (χ0) is 16.2. The predicted molar refractivity (Wildman–Crippen MR) is 88.9 cm³/mol. The van der Waals surface area contributed by atoms with Crippen molar-refractivity contribution in [2.45, 2.75) is 26.2 Å². The lowest BCUT2D eigenvalue weighted by atomic mass is 9.87. The number of benzene rings is 2. The van der Waals surface area contributed by atoms with Crippen LogP contribution in [0, 0.1) is 11.3 Å². The van der Waals surface area contributed by atoms with Gasteiger partial charge in [0.05, 0.1) is 11.6 Å². The Hall–Kier alpha value is -2.80. The zero-order valence-corrected chi connectivity index (χ0v) is 13.0. The molecule has 0 radical (unpaired) electrons. The summed E-state index contributed by atoms with van der Waals surface area (Å²) in [5.41, 5.74) is 3.24. The van der Waals surface area contributed by atoms with E-state index in [1.165, 1.54) is 5.56 Å². The molecule has 0 aliphatic carbocycles. The highest BCUT2D eigenvalue weighted by molar-refractivity contribution is 5.99. The second kappa shape index (κ2) is 6.31. The van der Waals surface area contributed by atoms with Crippen molar-refractivity contribution >= 4 is 17.4 Å². The Morgan fingerprint density at radius 3 is 1.77 bits per heavy atom. The van der Waals surface area contributed by atoms with E-state index in [0.29, 0.717) is 11.3 Å². The van der Waals surface area contributed by atoms with Gasteiger partial charge in [0.2, 0.25) is 0 Å². The van der Waals surface area contributed by atoms with Crippen molar-refractivity contribution in [3.05, 3.63) is 59.7 Å². The van der Waals surface area contributed by atoms with Gasteiger partial charge in [-0.15, -0.1) is 0 Å². The standard InChI is InChI=1S/C18H19N3O/c1-18(2,3)14-6-10-16(11-7-14)21-17(22)20-15-8-4-13(12-19)5-9-15/h4-11H,1-3H3,(H2,20,21,22). The van der Waals surface area contributed by atoms with E-state index in [1.54, 1.807) is 24.3 Å². The first-order valence-electron chi connectivity index (χ1n) is 7.07. The number of carbonyl (C=O) groups excluding carboxylic acids is 1. The van der Waals surface area contributed by atoms with Crippen LogP contribution in [0.1, 0.15) is 31.9 Å². The highest BCUT2D eigenvalue weighted by Crippen LogP contribution is 2.23. The first kappa shape index (κ1) is 15.6. The van der Waals surface area contributed by atoms with E-state index >= 15 is 0 Å². The van der Waals surface area contributed by atoms with Gasteiger partial charge in [0.25, 0.3) is 0 Å². The van der Waals surface area contributed by atoms with Crippen LogP contribution in [-0.2, 0) is 5.41 Å². The van der Waals surface area contributed by atoms with E-state index in [-0.39, 0.29) is 11.4 Å². The number of nitrogens with zero attached hydrogens (tertiary/aromatic N) is 1. The Kier molecular flexibility index (Phi) is 4.47. The maximum Gasteiger partial charge on any atom is 0.323 e. The molecule has 0 fully saturated rings. The van der Waals surface area contributed by atoms with Crippen LogP contribution in [0.25, 0.3) is 0 Å². The van der Waals surface area contributed by atoms with Crippen LogP contribution < -0.4 is 10.6 Å². The summed E-state index contributed by atoms with van der Waals surface area (Å²) in [6.45, 7) is 6.44. The number of nitrogens with one attached hydrogen (secondary N) is 2. The zero-order valence-electron chi connectivity index (χ0n) is 13.0. The van der Waals surface area contributed by atoms with Gasteiger partial charge in [0.15, 0.2) is 0 Å². The summed E-state index contributed by atoms with van der Waals surface area (Å²) in [7, 11) is 0. The number of rotatable bonds is 2. The number of anilines is 2. The summed E-state index contributed by atoms with van der Waals surface area (Å²) in [6.07, 6.45) is 0. The van der Waals surface area contributed by atoms with Gasteiger partial charge in [0.1, 0.15) is 0 Å². The van der Waals surface area contributed by atoms with E-state index < -0.39 is 0 Å². The summed E-state index contributed by atoms with van der Waals surface area (Å²) < 4.78 is 0. The predicted octanol–water partition coefficient (Wildman–Crippen LogP) is 4.50. The number of urea groups is 1. The van der Waals surface area contributed by atoms with Crippen LogP contribution in [0.4, 0.5) is 16.2 Å². The molecule has 0 aliphatic rings. The van der Waals surface area contributed by atoms with Crippen LogP contribution in [-0.4, -0.2) is 6.03 Å². The van der Waals surface area contributed by atoms with E-state index in [0.717, 1.165) is 5.69 Å². The summed E-state index contributed by atoms with van der Waals surface area (Å²) >= 11 is 0. The molecule has 4 nitrogen and oxygen atoms in total. The summed E-state index contributed by atoms with van der Waals surface area (Å²) in [6, 6.07) is 16.2. The number of hydrogen-bond acceptors (Lipinski definition) is 2. The van der Waals surface area contributed by atoms with Crippen molar-refractivity contribution in [2.24, 2.45) is 0 Å². The summed E-state index contributed by atoms with van der Waals surface area (Å²) in [4.78, 5) is 11.9. The van der Waals surface area contributed by atoms with Gasteiger partial charge in [-0.3, -0.25) is 0 Å². The van der Waals surface area contributed by atoms with Crippen LogP contribution in [0.5, 0.6) is 0 Å². The summed E-state index contributed by atoms with van der Waals surface area (Å²) in [5, 5.41) is 14.2. The number of carbonyl (C=O) groups is 1. The highest BCUT2D eigenvalue weighted by Gasteiger charge is 2.13. The average molecular weight is 293 g/mol. The Morgan fingerprint density at radius 2 is 1.36 bits per heavy atom. The molecule has 0 aromatic heterocycles. The third-order valence-electron chi connectivity index (χ3n) is 3.28. The van der Waals surface area contributed by atoms with Crippen LogP contribution >= 0.6 is 0 Å². The second-order valence-electron chi connectivity index (χ2n) is 6.10. The largest absolute Gasteiger partial charge is 0.323 e. The first-order chi connectivity index (χ1) is 10.4. The van der Waals surface area contributed by atoms with E-state index in [4.69, 9.17) is 5.26 Å². The molecule has 0 spiro atoms. The van der Waals surface area contributed by atoms with Crippen molar-refractivity contribution in [1.29, 1.82) is 5.26 Å². The lowest BCUT2D eigenvalue weighted by Gasteiger charge is -2.19. The Morgan fingerprint density at radius 1 is 0.909 bits per heavy atom. The van der Waals surface area contributed by atoms with Crippen molar-refractivity contribution in [3.8, 4) is 6.07 Å². The van der Waals surface area contributed by atoms with Crippen LogP contribution in [0.2, 0.25) is 0 Å². The minimum Gasteiger partial charge on any atom is -0.308 e. The number of amides is 2. The third kappa shape index (κ3) is 4.10. The first-order valence-corrected chi connectivity index (χ1v) is 7.07. The topological polar surface area (TPSA) is 64.9 Å². The molecule has 2 rings (SSSR count). The molecule has 2 aromatic carbocycles. The monoisotopic (exact) mass is 293 g/mol. The fourth-order valence-corrected chi connectivity index (χ4v) is 1.98. The van der Waals surface area contributed by atoms with E-state index in [2.05, 4.69) is 31.4 Å². The molecule has 2 aromatic rings. The molecule has 0 bridgehead atoms. The third-order valence-corrected chi connectivity index (χ3v) is 3.28. The Bertz CT molecular complexity index is 689. The van der Waals surface area contributed by atoms with Crippen molar-refractivity contribution in [2.75, 3.05) is 10.6 Å². The van der Waals surface area contributed by atoms with Gasteiger partial charge in [-0.05, 0) is 47.4 Å². The minimum absolute atomic E-state index is 0.0866. The molecule has 0 saturated carbocycles. The van der Waals surface area contributed by atoms with Gasteiger partial charge in [-0.25, -0.2) is 4.79 Å². The molecule has 0 atom stereocenters. The molecule has 22 heavy (non-hydrogen) atoms. The second-order valence-corrected chi connectivity index (χ2v) is 6.10. The fourth-order valence-electron chi connectivity index (χ4n) is 1.98. The molecule has 0 saturated heterocycles. The highest BCUT2D eigenvalue weighted by atomic mass is 16.2. The number of nitriles is 1. The molecule has 0 unspecified atom stereocenters. The van der Waals surface area contributed by atoms with Gasteiger partial charge in [-0.2, -0.15) is 5.26 Å². The van der Waals surface area contributed by atoms with E-state index in [1.807, 2.05) is 30.3 Å². The van der Waals surface area contributed by atoms with Gasteiger partial charge in [0, 0.05) is 11.4 Å². The molecular formula is C18H19N3O. The number of hydrogen-bond donors (Lipinski definition) is 2. The summed E-state index contributed by atoms with van der Waals surface area (Å²) in [5.74, 6) is 0. The molecule has 2 amide bonds. The molecule has 0 aliphatic heterocycles. The molecular weight excluding hydrogens is 274 g/mol. The van der Waals surface area contributed by atoms with Crippen molar-refractivity contribution < 1.29 is 4.79 Å². The van der Waals surface area contributed by atoms with Gasteiger partial charge < -0.3 is 10.6 Å². The Labute approximate surface area is 130 Å². The lowest BCUT2D eigenvalue weighted by molar-refractivity contribution is 0.262. The van der Waals surface area contributed by atoms with Crippen molar-refractivity contribution in [3.63, 3.8) is 0 Å². The van der Waals surface area contributed by atoms with Crippen LogP contribution in [0.15, 0.2) is 48.5 Å². The molecule has 112 valence electrons. The van der Waals surface area contributed by atoms with E-state index in [9.17, 15) is 4.79 Å². The maximum atomic E-state index is 11.9. The van der Waals surface area contributed by atoms with Crippen molar-refractivity contribution in [1.82, 2.24) is 0 Å². The SMILES string of the molecule is CC(C)(C)c1ccc(NC(=O)Nc2ccc(C#N)cc2)cc1. The van der Waals surface area contributed by atoms with Gasteiger partial charge >= 0.3 is 6.03 Å². The normalized spacial score (nSPS) is 10.6. The van der Waals surface area contributed by atoms with Gasteiger partial charge in [-0.1, -0.05) is 32.9 Å². The maximum absolute atomic E-state index is 11.9. The average Bonchev–Trinajstić information content (AvgIpc) is 2.47. The molecule has 4 heteroatoms. The smallest absolute Gasteiger partial charge is 0.308 e. The Balaban J connectivity index is 1.98.